The van der Waals surface area contributed by atoms with Gasteiger partial charge in [-0.15, -0.1) is 0 Å². The zero-order chi connectivity index (χ0) is 13.1. The second-order valence-electron chi connectivity index (χ2n) is 3.68. The normalized spacial score (nSPS) is 9.89. The van der Waals surface area contributed by atoms with Crippen molar-refractivity contribution < 1.29 is 4.74 Å². The van der Waals surface area contributed by atoms with Gasteiger partial charge in [-0.3, -0.25) is 0 Å². The number of rotatable bonds is 2. The summed E-state index contributed by atoms with van der Waals surface area (Å²) in [5.74, 6) is 0.756. The first-order chi connectivity index (χ1) is 8.65. The number of benzene rings is 1. The molecule has 4 nitrogen and oxygen atoms in total. The number of nitriles is 1. The van der Waals surface area contributed by atoms with E-state index in [2.05, 4.69) is 9.97 Å². The maximum Gasteiger partial charge on any atom is 0.232 e. The lowest BCUT2D eigenvalue weighted by Gasteiger charge is -2.09. The summed E-state index contributed by atoms with van der Waals surface area (Å²) in [4.78, 5) is 7.99. The summed E-state index contributed by atoms with van der Waals surface area (Å²) in [7, 11) is 1.57. The van der Waals surface area contributed by atoms with Crippen LogP contribution in [0.25, 0.3) is 11.3 Å². The van der Waals surface area contributed by atoms with Gasteiger partial charge in [0.2, 0.25) is 5.82 Å². The smallest absolute Gasteiger partial charge is 0.232 e. The highest BCUT2D eigenvalue weighted by molar-refractivity contribution is 6.32. The molecule has 0 aliphatic carbocycles. The van der Waals surface area contributed by atoms with Crippen LogP contribution in [0, 0.1) is 18.3 Å². The summed E-state index contributed by atoms with van der Waals surface area (Å²) in [5, 5.41) is 9.30. The molecule has 0 fully saturated rings. The molecule has 0 bridgehead atoms. The maximum absolute atomic E-state index is 8.79. The van der Waals surface area contributed by atoms with Crippen LogP contribution in [-0.4, -0.2) is 17.1 Å². The number of aromatic nitrogens is 2. The van der Waals surface area contributed by atoms with Crippen molar-refractivity contribution in [3.8, 4) is 23.1 Å². The molecule has 0 N–H and O–H groups in total. The zero-order valence-electron chi connectivity index (χ0n) is 9.94. The van der Waals surface area contributed by atoms with Crippen LogP contribution in [0.15, 0.2) is 24.4 Å². The molecule has 0 aliphatic rings. The average molecular weight is 260 g/mol. The highest BCUT2D eigenvalue weighted by Crippen LogP contribution is 2.32. The van der Waals surface area contributed by atoms with E-state index in [0.29, 0.717) is 16.5 Å². The lowest BCUT2D eigenvalue weighted by molar-refractivity contribution is 0.415. The first kappa shape index (κ1) is 12.3. The number of halogens is 1. The van der Waals surface area contributed by atoms with Crippen LogP contribution in [0.1, 0.15) is 11.4 Å². The van der Waals surface area contributed by atoms with Crippen LogP contribution in [0.5, 0.6) is 5.75 Å². The molecule has 0 unspecified atom stereocenters. The van der Waals surface area contributed by atoms with Crippen LogP contribution in [0.3, 0.4) is 0 Å². The molecular formula is C13H10ClN3O. The molecule has 0 spiro atoms. The summed E-state index contributed by atoms with van der Waals surface area (Å²) in [6, 6.07) is 7.27. The Morgan fingerprint density at radius 2 is 2.17 bits per heavy atom. The van der Waals surface area contributed by atoms with Crippen LogP contribution >= 0.6 is 11.6 Å². The Bertz CT molecular complexity index is 635. The second kappa shape index (κ2) is 5.03. The number of aryl methyl sites for hydroxylation is 1. The molecule has 0 radical (unpaired) electrons. The summed E-state index contributed by atoms with van der Waals surface area (Å²) in [6.07, 6.45) is 1.55. The molecule has 90 valence electrons. The van der Waals surface area contributed by atoms with Gasteiger partial charge in [0.05, 0.1) is 17.8 Å². The highest BCUT2D eigenvalue weighted by atomic mass is 35.5. The number of nitrogens with zero attached hydrogens (tertiary/aromatic N) is 3. The predicted molar refractivity (Wildman–Crippen MR) is 68.5 cm³/mol. The van der Waals surface area contributed by atoms with Gasteiger partial charge in [0.25, 0.3) is 0 Å². The summed E-state index contributed by atoms with van der Waals surface area (Å²) in [5.41, 5.74) is 2.50. The predicted octanol–water partition coefficient (Wildman–Crippen LogP) is 2.99. The van der Waals surface area contributed by atoms with Crippen molar-refractivity contribution in [2.75, 3.05) is 7.11 Å². The van der Waals surface area contributed by atoms with Gasteiger partial charge in [0.15, 0.2) is 0 Å². The number of hydrogen-bond donors (Lipinski definition) is 0. The minimum absolute atomic E-state index is 0.138. The Labute approximate surface area is 110 Å². The fraction of sp³-hybridized carbons (Fsp3) is 0.154. The van der Waals surface area contributed by atoms with Gasteiger partial charge < -0.3 is 4.74 Å². The molecule has 2 rings (SSSR count). The van der Waals surface area contributed by atoms with Gasteiger partial charge in [-0.1, -0.05) is 11.6 Å². The minimum Gasteiger partial charge on any atom is -0.495 e. The van der Waals surface area contributed by atoms with Crippen LogP contribution in [0.4, 0.5) is 0 Å². The molecule has 0 atom stereocenters. The van der Waals surface area contributed by atoms with Gasteiger partial charge in [-0.2, -0.15) is 5.26 Å². The Hall–Kier alpha value is -2.12. The van der Waals surface area contributed by atoms with E-state index >= 15 is 0 Å². The van der Waals surface area contributed by atoms with Gasteiger partial charge in [0.1, 0.15) is 11.8 Å². The van der Waals surface area contributed by atoms with Gasteiger partial charge in [-0.05, 0) is 30.7 Å². The zero-order valence-corrected chi connectivity index (χ0v) is 10.7. The molecular weight excluding hydrogens is 250 g/mol. The van der Waals surface area contributed by atoms with E-state index in [4.69, 9.17) is 21.6 Å². The SMILES string of the molecule is COc1cc(C)c(-c2ccnc(C#N)n2)cc1Cl. The lowest BCUT2D eigenvalue weighted by Crippen LogP contribution is -1.94. The quantitative estimate of drug-likeness (QED) is 0.832. The average Bonchev–Trinajstić information content (AvgIpc) is 2.41. The highest BCUT2D eigenvalue weighted by Gasteiger charge is 2.10. The Morgan fingerprint density at radius 1 is 1.39 bits per heavy atom. The monoisotopic (exact) mass is 259 g/mol. The third kappa shape index (κ3) is 2.27. The van der Waals surface area contributed by atoms with Crippen molar-refractivity contribution in [3.63, 3.8) is 0 Å². The molecule has 1 aromatic heterocycles. The molecule has 0 amide bonds. The van der Waals surface area contributed by atoms with Crippen molar-refractivity contribution in [1.29, 1.82) is 5.26 Å². The van der Waals surface area contributed by atoms with Gasteiger partial charge in [0, 0.05) is 11.8 Å². The van der Waals surface area contributed by atoms with Gasteiger partial charge in [-0.25, -0.2) is 9.97 Å². The number of ether oxygens (including phenoxy) is 1. The largest absolute Gasteiger partial charge is 0.495 e. The Kier molecular flexibility index (Phi) is 3.45. The molecule has 1 aromatic carbocycles. The fourth-order valence-corrected chi connectivity index (χ4v) is 1.89. The standard InChI is InChI=1S/C13H10ClN3O/c1-8-5-12(18-2)10(14)6-9(8)11-3-4-16-13(7-15)17-11/h3-6H,1-2H3. The molecule has 18 heavy (non-hydrogen) atoms. The molecule has 0 saturated heterocycles. The third-order valence-electron chi connectivity index (χ3n) is 2.53. The number of methoxy groups -OCH3 is 1. The van der Waals surface area contributed by atoms with Crippen molar-refractivity contribution >= 4 is 11.6 Å². The Balaban J connectivity index is 2.57. The molecule has 5 heteroatoms. The van der Waals surface area contributed by atoms with Crippen LogP contribution in [0.2, 0.25) is 5.02 Å². The summed E-state index contributed by atoms with van der Waals surface area (Å²) < 4.78 is 5.14. The van der Waals surface area contributed by atoms with E-state index < -0.39 is 0 Å². The lowest BCUT2D eigenvalue weighted by atomic mass is 10.1. The summed E-state index contributed by atoms with van der Waals surface area (Å²) in [6.45, 7) is 1.93. The minimum atomic E-state index is 0.138. The van der Waals surface area contributed by atoms with Gasteiger partial charge >= 0.3 is 0 Å². The van der Waals surface area contributed by atoms with E-state index in [9.17, 15) is 0 Å². The first-order valence-corrected chi connectivity index (χ1v) is 5.61. The van der Waals surface area contributed by atoms with E-state index in [1.165, 1.54) is 0 Å². The van der Waals surface area contributed by atoms with Crippen LogP contribution in [-0.2, 0) is 0 Å². The third-order valence-corrected chi connectivity index (χ3v) is 2.83. The van der Waals surface area contributed by atoms with E-state index in [1.54, 1.807) is 25.4 Å². The van der Waals surface area contributed by atoms with E-state index in [-0.39, 0.29) is 5.82 Å². The second-order valence-corrected chi connectivity index (χ2v) is 4.09. The van der Waals surface area contributed by atoms with E-state index in [0.717, 1.165) is 11.1 Å². The summed E-state index contributed by atoms with van der Waals surface area (Å²) >= 11 is 6.09. The first-order valence-electron chi connectivity index (χ1n) is 5.23. The molecule has 1 heterocycles. The van der Waals surface area contributed by atoms with Crippen molar-refractivity contribution in [2.24, 2.45) is 0 Å². The topological polar surface area (TPSA) is 58.8 Å². The van der Waals surface area contributed by atoms with Crippen molar-refractivity contribution in [1.82, 2.24) is 9.97 Å². The Morgan fingerprint density at radius 3 is 2.83 bits per heavy atom. The van der Waals surface area contributed by atoms with Crippen molar-refractivity contribution in [2.45, 2.75) is 6.92 Å². The number of hydrogen-bond acceptors (Lipinski definition) is 4. The van der Waals surface area contributed by atoms with Crippen molar-refractivity contribution in [3.05, 3.63) is 40.8 Å². The van der Waals surface area contributed by atoms with Crippen LogP contribution < -0.4 is 4.74 Å². The molecule has 2 aromatic rings. The maximum atomic E-state index is 8.79. The van der Waals surface area contributed by atoms with E-state index in [1.807, 2.05) is 19.1 Å². The fourth-order valence-electron chi connectivity index (χ4n) is 1.65. The molecule has 0 saturated carbocycles. The molecule has 0 aliphatic heterocycles.